The molecule has 2 atom stereocenters. The summed E-state index contributed by atoms with van der Waals surface area (Å²) in [7, 11) is -0.918. The van der Waals surface area contributed by atoms with Crippen molar-refractivity contribution in [1.29, 1.82) is 0 Å². The highest BCUT2D eigenvalue weighted by atomic mass is 32.2. The van der Waals surface area contributed by atoms with Gasteiger partial charge in [0.1, 0.15) is 0 Å². The Balaban J connectivity index is 1.85. The third kappa shape index (κ3) is 6.61. The van der Waals surface area contributed by atoms with Crippen molar-refractivity contribution in [3.63, 3.8) is 0 Å². The van der Waals surface area contributed by atoms with E-state index < -0.39 is 20.0 Å². The molecule has 2 aromatic carbocycles. The third-order valence-corrected chi connectivity index (χ3v) is 8.22. The van der Waals surface area contributed by atoms with E-state index in [1.165, 1.54) is 14.1 Å². The molecule has 0 spiro atoms. The summed E-state index contributed by atoms with van der Waals surface area (Å²) < 4.78 is 45.1. The molecule has 0 aliphatic rings. The van der Waals surface area contributed by atoms with Crippen molar-refractivity contribution in [2.24, 2.45) is 8.73 Å². The molecule has 30 heavy (non-hydrogen) atoms. The average molecular weight is 454 g/mol. The van der Waals surface area contributed by atoms with Crippen molar-refractivity contribution in [2.75, 3.05) is 47.4 Å². The fraction of sp³-hybridized carbons (Fsp3) is 0.429. The van der Waals surface area contributed by atoms with Crippen LogP contribution < -0.4 is 0 Å². The van der Waals surface area contributed by atoms with Crippen molar-refractivity contribution in [3.8, 4) is 0 Å². The number of hydrogen-bond acceptors (Lipinski definition) is 7. The predicted molar refractivity (Wildman–Crippen MR) is 121 cm³/mol. The van der Waals surface area contributed by atoms with Gasteiger partial charge in [0.2, 0.25) is 0 Å². The predicted octanol–water partition coefficient (Wildman–Crippen LogP) is 3.71. The van der Waals surface area contributed by atoms with E-state index in [1.807, 2.05) is 50.1 Å². The Morgan fingerprint density at radius 2 is 1.07 bits per heavy atom. The largest absolute Gasteiger partial charge is 0.302 e. The number of aryl methyl sites for hydroxylation is 2. The minimum atomic E-state index is -2.90. The van der Waals surface area contributed by atoms with Gasteiger partial charge in [-0.25, -0.2) is 17.1 Å². The lowest BCUT2D eigenvalue weighted by Crippen LogP contribution is -2.28. The molecule has 2 aromatic rings. The normalized spacial score (nSPS) is 15.4. The summed E-state index contributed by atoms with van der Waals surface area (Å²) >= 11 is 0. The van der Waals surface area contributed by atoms with Gasteiger partial charge in [-0.05, 0) is 45.2 Å². The van der Waals surface area contributed by atoms with Crippen molar-refractivity contribution in [2.45, 2.75) is 23.6 Å². The van der Waals surface area contributed by atoms with Crippen molar-refractivity contribution in [1.82, 2.24) is 4.90 Å². The molecule has 0 radical (unpaired) electrons. The van der Waals surface area contributed by atoms with E-state index in [1.54, 1.807) is 24.3 Å². The fourth-order valence-electron chi connectivity index (χ4n) is 2.60. The van der Waals surface area contributed by atoms with Crippen LogP contribution >= 0.6 is 0 Å². The first-order chi connectivity index (χ1) is 14.2. The quantitative estimate of drug-likeness (QED) is 0.548. The van der Waals surface area contributed by atoms with Crippen molar-refractivity contribution < 1.29 is 16.8 Å². The van der Waals surface area contributed by atoms with Crippen LogP contribution in [0.3, 0.4) is 0 Å². The summed E-state index contributed by atoms with van der Waals surface area (Å²) in [5.74, 6) is 0. The number of rotatable bonds is 10. The summed E-state index contributed by atoms with van der Waals surface area (Å²) in [4.78, 5) is 3.07. The summed E-state index contributed by atoms with van der Waals surface area (Å²) in [5, 5.41) is 0. The molecule has 0 aliphatic carbocycles. The van der Waals surface area contributed by atoms with Crippen LogP contribution in [0.4, 0.5) is 0 Å². The summed E-state index contributed by atoms with van der Waals surface area (Å²) in [6.07, 6.45) is 0. The molecule has 0 saturated heterocycles. The topological polar surface area (TPSA) is 80.6 Å². The van der Waals surface area contributed by atoms with Crippen LogP contribution in [-0.4, -0.2) is 60.8 Å². The molecule has 0 N–H and O–H groups in total. The van der Waals surface area contributed by atoms with Crippen LogP contribution in [0, 0.1) is 13.8 Å². The van der Waals surface area contributed by atoms with Crippen LogP contribution in [0.5, 0.6) is 0 Å². The molecule has 9 heteroatoms. The highest BCUT2D eigenvalue weighted by molar-refractivity contribution is 7.89. The molecule has 0 amide bonds. The molecule has 0 bridgehead atoms. The maximum atomic E-state index is 12.9. The second-order valence-electron chi connectivity index (χ2n) is 6.89. The van der Waals surface area contributed by atoms with E-state index in [2.05, 4.69) is 8.73 Å². The summed E-state index contributed by atoms with van der Waals surface area (Å²) in [6, 6.07) is 14.6. The van der Waals surface area contributed by atoms with E-state index in [4.69, 9.17) is 8.37 Å². The SMILES string of the molecule is CN=[S@@](=O)(OCCN(C)CCO[S@](=O)(=NC)c1ccc(C)cc1)c1ccc(C)cc1. The lowest BCUT2D eigenvalue weighted by Gasteiger charge is -2.18. The Bertz CT molecular complexity index is 965. The van der Waals surface area contributed by atoms with Crippen LogP contribution in [0.15, 0.2) is 67.0 Å². The van der Waals surface area contributed by atoms with E-state index in [9.17, 15) is 8.42 Å². The molecular formula is C21H31N3O4S2. The second kappa shape index (κ2) is 11.0. The van der Waals surface area contributed by atoms with Crippen LogP contribution in [0.2, 0.25) is 0 Å². The first kappa shape index (κ1) is 24.5. The van der Waals surface area contributed by atoms with Gasteiger partial charge in [-0.3, -0.25) is 8.37 Å². The molecule has 0 unspecified atom stereocenters. The minimum absolute atomic E-state index is 0.242. The molecular weight excluding hydrogens is 422 g/mol. The molecule has 2 rings (SSSR count). The highest BCUT2D eigenvalue weighted by Crippen LogP contribution is 2.17. The van der Waals surface area contributed by atoms with Gasteiger partial charge in [0.25, 0.3) is 0 Å². The Labute approximate surface area is 181 Å². The molecule has 0 aromatic heterocycles. The van der Waals surface area contributed by atoms with Crippen LogP contribution in [0.1, 0.15) is 11.1 Å². The van der Waals surface area contributed by atoms with Gasteiger partial charge in [-0.1, -0.05) is 35.4 Å². The maximum absolute atomic E-state index is 12.9. The number of hydrogen-bond donors (Lipinski definition) is 0. The van der Waals surface area contributed by atoms with Gasteiger partial charge in [0, 0.05) is 27.2 Å². The lowest BCUT2D eigenvalue weighted by molar-refractivity contribution is 0.214. The maximum Gasteiger partial charge on any atom is 0.193 e. The number of benzene rings is 2. The highest BCUT2D eigenvalue weighted by Gasteiger charge is 2.15. The minimum Gasteiger partial charge on any atom is -0.302 e. The van der Waals surface area contributed by atoms with E-state index in [-0.39, 0.29) is 13.2 Å². The van der Waals surface area contributed by atoms with Gasteiger partial charge in [0.05, 0.1) is 23.0 Å². The van der Waals surface area contributed by atoms with Crippen LogP contribution in [0.25, 0.3) is 0 Å². The van der Waals surface area contributed by atoms with Crippen molar-refractivity contribution >= 4 is 20.0 Å². The lowest BCUT2D eigenvalue weighted by atomic mass is 10.2. The number of likely N-dealkylation sites (N-methyl/N-ethyl adjacent to an activating group) is 1. The monoisotopic (exact) mass is 453 g/mol. The smallest absolute Gasteiger partial charge is 0.193 e. The number of nitrogens with zero attached hydrogens (tertiary/aromatic N) is 3. The zero-order valence-corrected chi connectivity index (χ0v) is 19.9. The van der Waals surface area contributed by atoms with E-state index in [0.29, 0.717) is 22.9 Å². The van der Waals surface area contributed by atoms with Gasteiger partial charge in [0.15, 0.2) is 20.0 Å². The molecule has 7 nitrogen and oxygen atoms in total. The van der Waals surface area contributed by atoms with Gasteiger partial charge >= 0.3 is 0 Å². The Kier molecular flexibility index (Phi) is 8.99. The first-order valence-corrected chi connectivity index (χ1v) is 12.5. The molecule has 166 valence electrons. The fourth-order valence-corrected chi connectivity index (χ4v) is 5.06. The molecule has 0 aliphatic heterocycles. The third-order valence-electron chi connectivity index (χ3n) is 4.55. The van der Waals surface area contributed by atoms with Gasteiger partial charge < -0.3 is 4.90 Å². The summed E-state index contributed by atoms with van der Waals surface area (Å²) in [6.45, 7) is 5.47. The molecule has 0 saturated carbocycles. The van der Waals surface area contributed by atoms with Crippen molar-refractivity contribution in [3.05, 3.63) is 59.7 Å². The van der Waals surface area contributed by atoms with E-state index >= 15 is 0 Å². The van der Waals surface area contributed by atoms with Gasteiger partial charge in [-0.15, -0.1) is 0 Å². The molecule has 0 heterocycles. The van der Waals surface area contributed by atoms with Crippen LogP contribution in [-0.2, 0) is 28.4 Å². The Morgan fingerprint density at radius 3 is 1.37 bits per heavy atom. The zero-order valence-electron chi connectivity index (χ0n) is 18.2. The Hall–Kier alpha value is -1.78. The summed E-state index contributed by atoms with van der Waals surface area (Å²) in [5.41, 5.74) is 2.16. The molecule has 0 fully saturated rings. The Morgan fingerprint density at radius 1 is 0.733 bits per heavy atom. The zero-order chi connectivity index (χ0) is 22.2. The van der Waals surface area contributed by atoms with Gasteiger partial charge in [-0.2, -0.15) is 0 Å². The standard InChI is InChI=1S/C21H31N3O4S2/c1-18-6-10-20(11-7-18)29(25,22-3)27-16-14-24(5)15-17-28-30(26,23-4)21-12-8-19(2)9-13-21/h6-13H,14-17H2,1-5H3/t29-,30-/m0/s1. The van der Waals surface area contributed by atoms with E-state index in [0.717, 1.165) is 11.1 Å². The first-order valence-electron chi connectivity index (χ1n) is 9.63. The second-order valence-corrected chi connectivity index (χ2v) is 10.9. The average Bonchev–Trinajstić information content (AvgIpc) is 2.74.